The molecule has 3 heterocycles. The Morgan fingerprint density at radius 2 is 1.90 bits per heavy atom. The molecule has 148 valence electrons. The molecule has 1 aliphatic carbocycles. The summed E-state index contributed by atoms with van der Waals surface area (Å²) in [6.45, 7) is 2.51. The first-order valence-electron chi connectivity index (χ1n) is 9.70. The fourth-order valence-corrected chi connectivity index (χ4v) is 4.49. The molecule has 1 saturated heterocycles. The van der Waals surface area contributed by atoms with Crippen molar-refractivity contribution in [3.8, 4) is 11.1 Å². The fourth-order valence-electron chi connectivity index (χ4n) is 4.09. The Labute approximate surface area is 175 Å². The van der Waals surface area contributed by atoms with Crippen LogP contribution in [0.15, 0.2) is 33.5 Å². The lowest BCUT2D eigenvalue weighted by atomic mass is 9.87. The van der Waals surface area contributed by atoms with Gasteiger partial charge in [0.1, 0.15) is 0 Å². The highest BCUT2D eigenvalue weighted by molar-refractivity contribution is 9.10. The number of hydrogen-bond acceptors (Lipinski definition) is 6. The first-order valence-corrected chi connectivity index (χ1v) is 10.5. The number of nitrogens with zero attached hydrogens (tertiary/aromatic N) is 3. The molecule has 0 bridgehead atoms. The SMILES string of the molecule is O=C1CCCc2nc3nc(N4CCOCC4)[nH]c(=O)c3c(-c3cccc(Br)c3)c21. The molecule has 0 amide bonds. The van der Waals surface area contributed by atoms with E-state index in [0.29, 0.717) is 67.3 Å². The number of pyridine rings is 1. The van der Waals surface area contributed by atoms with Crippen LogP contribution in [0.4, 0.5) is 5.95 Å². The fraction of sp³-hybridized carbons (Fsp3) is 0.333. The largest absolute Gasteiger partial charge is 0.378 e. The Morgan fingerprint density at radius 1 is 1.07 bits per heavy atom. The number of nitrogens with one attached hydrogen (secondary N) is 1. The number of halogens is 1. The molecule has 0 spiro atoms. The number of Topliss-reactive ketones (excluding diaryl/α,β-unsaturated/α-hetero) is 1. The average Bonchev–Trinajstić information content (AvgIpc) is 2.73. The van der Waals surface area contributed by atoms with E-state index in [-0.39, 0.29) is 11.3 Å². The highest BCUT2D eigenvalue weighted by atomic mass is 79.9. The second-order valence-electron chi connectivity index (χ2n) is 7.28. The molecule has 2 aromatic heterocycles. The monoisotopic (exact) mass is 454 g/mol. The number of rotatable bonds is 2. The number of aromatic nitrogens is 3. The summed E-state index contributed by atoms with van der Waals surface area (Å²) in [5.41, 5.74) is 2.85. The van der Waals surface area contributed by atoms with E-state index < -0.39 is 0 Å². The van der Waals surface area contributed by atoms with Crippen molar-refractivity contribution < 1.29 is 9.53 Å². The Kier molecular flexibility index (Phi) is 4.67. The Bertz CT molecular complexity index is 1180. The summed E-state index contributed by atoms with van der Waals surface area (Å²) in [7, 11) is 0. The summed E-state index contributed by atoms with van der Waals surface area (Å²) in [6, 6.07) is 7.65. The van der Waals surface area contributed by atoms with Gasteiger partial charge in [0.15, 0.2) is 11.4 Å². The predicted molar refractivity (Wildman–Crippen MR) is 114 cm³/mol. The van der Waals surface area contributed by atoms with Gasteiger partial charge < -0.3 is 9.64 Å². The second-order valence-corrected chi connectivity index (χ2v) is 8.20. The highest BCUT2D eigenvalue weighted by Gasteiger charge is 2.28. The maximum atomic E-state index is 13.2. The molecule has 5 rings (SSSR count). The molecule has 0 saturated carbocycles. The maximum Gasteiger partial charge on any atom is 0.262 e. The van der Waals surface area contributed by atoms with Crippen LogP contribution in [0.2, 0.25) is 0 Å². The summed E-state index contributed by atoms with van der Waals surface area (Å²) in [6.07, 6.45) is 1.94. The molecule has 7 nitrogen and oxygen atoms in total. The van der Waals surface area contributed by atoms with E-state index in [9.17, 15) is 9.59 Å². The molecule has 29 heavy (non-hydrogen) atoms. The molecular weight excluding hydrogens is 436 g/mol. The Hall–Kier alpha value is -2.58. The number of carbonyl (C=O) groups excluding carboxylic acids is 1. The minimum atomic E-state index is -0.278. The number of ether oxygens (including phenoxy) is 1. The zero-order valence-electron chi connectivity index (χ0n) is 15.7. The number of aryl methyl sites for hydroxylation is 1. The van der Waals surface area contributed by atoms with E-state index in [0.717, 1.165) is 22.2 Å². The molecule has 0 atom stereocenters. The lowest BCUT2D eigenvalue weighted by Crippen LogP contribution is -2.38. The number of benzene rings is 1. The third-order valence-corrected chi connectivity index (χ3v) is 5.93. The molecule has 1 N–H and O–H groups in total. The number of anilines is 1. The number of aromatic amines is 1. The van der Waals surface area contributed by atoms with E-state index in [1.54, 1.807) is 0 Å². The van der Waals surface area contributed by atoms with Crippen LogP contribution in [0.5, 0.6) is 0 Å². The van der Waals surface area contributed by atoms with Gasteiger partial charge in [0.25, 0.3) is 5.56 Å². The lowest BCUT2D eigenvalue weighted by molar-refractivity contribution is 0.0972. The summed E-state index contributed by atoms with van der Waals surface area (Å²) < 4.78 is 6.28. The van der Waals surface area contributed by atoms with E-state index in [2.05, 4.69) is 30.9 Å². The van der Waals surface area contributed by atoms with E-state index >= 15 is 0 Å². The Morgan fingerprint density at radius 3 is 2.69 bits per heavy atom. The lowest BCUT2D eigenvalue weighted by Gasteiger charge is -2.27. The van der Waals surface area contributed by atoms with Crippen molar-refractivity contribution >= 4 is 38.7 Å². The van der Waals surface area contributed by atoms with E-state index in [4.69, 9.17) is 4.74 Å². The van der Waals surface area contributed by atoms with E-state index in [1.165, 1.54) is 0 Å². The summed E-state index contributed by atoms with van der Waals surface area (Å²) in [5.74, 6) is 0.535. The van der Waals surface area contributed by atoms with Crippen LogP contribution in [-0.4, -0.2) is 47.0 Å². The van der Waals surface area contributed by atoms with Gasteiger partial charge in [-0.2, -0.15) is 4.98 Å². The van der Waals surface area contributed by atoms with Gasteiger partial charge in [0, 0.05) is 35.1 Å². The molecule has 1 aromatic carbocycles. The van der Waals surface area contributed by atoms with Crippen molar-refractivity contribution in [1.82, 2.24) is 15.0 Å². The highest BCUT2D eigenvalue weighted by Crippen LogP contribution is 2.36. The molecule has 1 aliphatic heterocycles. The quantitative estimate of drug-likeness (QED) is 0.639. The van der Waals surface area contributed by atoms with Gasteiger partial charge in [0.2, 0.25) is 5.95 Å². The average molecular weight is 455 g/mol. The third-order valence-electron chi connectivity index (χ3n) is 5.44. The zero-order valence-corrected chi connectivity index (χ0v) is 17.3. The number of morpholine rings is 1. The molecule has 0 unspecified atom stereocenters. The standard InChI is InChI=1S/C21H19BrN4O3/c22-13-4-1-3-12(11-13)16-17-14(5-2-6-15(17)27)23-19-18(16)20(28)25-21(24-19)26-7-9-29-10-8-26/h1,3-4,11H,2,5-10H2,(H,23,24,25,28). The van der Waals surface area contributed by atoms with Gasteiger partial charge in [-0.05, 0) is 30.5 Å². The number of hydrogen-bond donors (Lipinski definition) is 1. The first kappa shape index (κ1) is 18.4. The summed E-state index contributed by atoms with van der Waals surface area (Å²) >= 11 is 3.50. The molecule has 8 heteroatoms. The second kappa shape index (κ2) is 7.35. The minimum Gasteiger partial charge on any atom is -0.378 e. The van der Waals surface area contributed by atoms with Crippen molar-refractivity contribution in [2.45, 2.75) is 19.3 Å². The predicted octanol–water partition coefficient (Wildman–Crippen LogP) is 3.10. The van der Waals surface area contributed by atoms with Crippen molar-refractivity contribution in [3.63, 3.8) is 0 Å². The van der Waals surface area contributed by atoms with Gasteiger partial charge in [-0.15, -0.1) is 0 Å². The van der Waals surface area contributed by atoms with Crippen LogP contribution in [0, 0.1) is 0 Å². The van der Waals surface area contributed by atoms with Gasteiger partial charge in [-0.3, -0.25) is 14.6 Å². The number of H-pyrrole nitrogens is 1. The van der Waals surface area contributed by atoms with Gasteiger partial charge in [-0.1, -0.05) is 28.1 Å². The minimum absolute atomic E-state index is 0.0345. The normalized spacial score (nSPS) is 16.9. The van der Waals surface area contributed by atoms with Crippen molar-refractivity contribution in [2.24, 2.45) is 0 Å². The van der Waals surface area contributed by atoms with Crippen LogP contribution in [0.3, 0.4) is 0 Å². The summed E-state index contributed by atoms with van der Waals surface area (Å²) in [4.78, 5) is 40.3. The van der Waals surface area contributed by atoms with Crippen molar-refractivity contribution in [2.75, 3.05) is 31.2 Å². The van der Waals surface area contributed by atoms with Crippen LogP contribution in [0.1, 0.15) is 28.9 Å². The maximum absolute atomic E-state index is 13.2. The first-order chi connectivity index (χ1) is 14.1. The molecule has 1 fully saturated rings. The zero-order chi connectivity index (χ0) is 20.0. The van der Waals surface area contributed by atoms with Crippen LogP contribution in [-0.2, 0) is 11.2 Å². The van der Waals surface area contributed by atoms with Crippen LogP contribution >= 0.6 is 15.9 Å². The molecule has 0 radical (unpaired) electrons. The third kappa shape index (κ3) is 3.26. The van der Waals surface area contributed by atoms with Crippen molar-refractivity contribution in [3.05, 3.63) is 50.3 Å². The number of fused-ring (bicyclic) bond motifs is 2. The number of ketones is 1. The van der Waals surface area contributed by atoms with Crippen molar-refractivity contribution in [1.29, 1.82) is 0 Å². The smallest absolute Gasteiger partial charge is 0.262 e. The van der Waals surface area contributed by atoms with Gasteiger partial charge >= 0.3 is 0 Å². The Balaban J connectivity index is 1.81. The molecule has 3 aromatic rings. The van der Waals surface area contributed by atoms with Crippen LogP contribution < -0.4 is 10.5 Å². The van der Waals surface area contributed by atoms with Gasteiger partial charge in [-0.25, -0.2) is 4.98 Å². The van der Waals surface area contributed by atoms with E-state index in [1.807, 2.05) is 29.2 Å². The van der Waals surface area contributed by atoms with Crippen LogP contribution in [0.25, 0.3) is 22.2 Å². The topological polar surface area (TPSA) is 88.2 Å². The summed E-state index contributed by atoms with van der Waals surface area (Å²) in [5, 5.41) is 0.370. The molecular formula is C21H19BrN4O3. The number of carbonyl (C=O) groups is 1. The molecule has 2 aliphatic rings. The van der Waals surface area contributed by atoms with Gasteiger partial charge in [0.05, 0.1) is 24.3 Å².